The van der Waals surface area contributed by atoms with Gasteiger partial charge in [0.1, 0.15) is 34.5 Å². The normalized spacial score (nSPS) is 14.9. The van der Waals surface area contributed by atoms with E-state index >= 15 is 0 Å². The van der Waals surface area contributed by atoms with Crippen molar-refractivity contribution in [3.8, 4) is 67.9 Å². The third kappa shape index (κ3) is 16.1. The molecule has 0 radical (unpaired) electrons. The molecule has 1 heterocycles. The van der Waals surface area contributed by atoms with E-state index in [2.05, 4.69) is 219 Å². The molecule has 97 heavy (non-hydrogen) atoms. The van der Waals surface area contributed by atoms with E-state index in [1.807, 2.05) is 91.0 Å². The number of fused-ring (bicyclic) bond motifs is 15. The minimum absolute atomic E-state index is 0.0496. The molecular formula is C88H107N3O6. The lowest BCUT2D eigenvalue weighted by Gasteiger charge is -2.33. The third-order valence-corrected chi connectivity index (χ3v) is 19.9. The zero-order valence-electron chi connectivity index (χ0n) is 61.3. The Bertz CT molecular complexity index is 4060. The molecule has 10 rings (SSSR count). The monoisotopic (exact) mass is 1300 g/mol. The first kappa shape index (κ1) is 71.4. The predicted molar refractivity (Wildman–Crippen MR) is 401 cm³/mol. The number of phenolic OH excluding ortho intramolecular Hbond substituents is 6. The fourth-order valence-electron chi connectivity index (χ4n) is 13.4. The van der Waals surface area contributed by atoms with Crippen molar-refractivity contribution in [2.45, 2.75) is 222 Å². The second kappa shape index (κ2) is 27.2. The molecule has 9 heteroatoms. The summed E-state index contributed by atoms with van der Waals surface area (Å²) in [6.45, 7) is 43.7. The van der Waals surface area contributed by atoms with Crippen LogP contribution in [0, 0.1) is 0 Å². The molecule has 9 nitrogen and oxygen atoms in total. The molecule has 1 atom stereocenters. The van der Waals surface area contributed by atoms with Crippen molar-refractivity contribution in [3.05, 3.63) is 247 Å². The number of aromatic hydroxyl groups is 6. The maximum absolute atomic E-state index is 13.3. The van der Waals surface area contributed by atoms with Crippen molar-refractivity contribution in [1.82, 2.24) is 14.7 Å². The van der Waals surface area contributed by atoms with Crippen LogP contribution in [-0.2, 0) is 84.8 Å². The van der Waals surface area contributed by atoms with Gasteiger partial charge in [-0.25, -0.2) is 0 Å². The SMILES string of the molecule is C[C@H](c1ccccc1)N1Cc2cc(C(C)(C)C)cc(c2O)-c2cc(C(C)(C)C)cc(c2O)CN(Cc2ccccc2)Cc2cc(C(C)(C)C)cc(c2O)-c2cc(C(C)(C)C)cc(c2O)CN(Cc2ccccc2)Cc2cc(C(C)(C)C)cc(c2O)-c2cc(C(C)(C)C)cc(c2O)C1. The Hall–Kier alpha value is -8.34. The summed E-state index contributed by atoms with van der Waals surface area (Å²) in [6.07, 6.45) is 0. The Balaban J connectivity index is 1.31. The molecule has 0 aliphatic carbocycles. The number of hydrogen-bond acceptors (Lipinski definition) is 9. The second-order valence-corrected chi connectivity index (χ2v) is 33.9. The third-order valence-electron chi connectivity index (χ3n) is 19.9. The van der Waals surface area contributed by atoms with Crippen LogP contribution in [0.15, 0.2) is 164 Å². The van der Waals surface area contributed by atoms with E-state index in [1.54, 1.807) is 0 Å². The first-order chi connectivity index (χ1) is 45.2. The Morgan fingerprint density at radius 3 is 0.680 bits per heavy atom. The highest BCUT2D eigenvalue weighted by molar-refractivity contribution is 5.82. The Labute approximate surface area is 579 Å². The molecule has 0 spiro atoms. The molecule has 9 aromatic carbocycles. The molecule has 0 aromatic heterocycles. The number of nitrogens with zero attached hydrogens (tertiary/aromatic N) is 3. The standard InChI is InChI=1S/C88H107N3O6/c1-55(58-33-27-22-28-34-58)91-53-63-39-69(87(14,15)16)45-75(81(63)96)73-43-67(85(8,9)10)37-61(79(73)94)51-89(47-56-29-23-20-24-30-56)49-59-35-65(83(2,3)4)41-71(77(59)92)72-42-66(84(5,6)7)36-60(78(72)93)50-90(48-57-31-25-21-26-32-57)52-62-38-68(86(11,12)13)44-74(80(62)95)76-46-70(88(17,18)19)40-64(54-91)82(76)97/h20-46,55,92-97H,47-54H2,1-19H3/t55-/m1/s1. The summed E-state index contributed by atoms with van der Waals surface area (Å²) in [7, 11) is 0. The summed E-state index contributed by atoms with van der Waals surface area (Å²) in [4.78, 5) is 6.84. The van der Waals surface area contributed by atoms with Gasteiger partial charge in [0.05, 0.1) is 0 Å². The molecule has 510 valence electrons. The van der Waals surface area contributed by atoms with Crippen LogP contribution in [0.3, 0.4) is 0 Å². The van der Waals surface area contributed by atoms with E-state index in [1.165, 1.54) is 0 Å². The lowest BCUT2D eigenvalue weighted by Crippen LogP contribution is -2.27. The van der Waals surface area contributed by atoms with Crippen molar-refractivity contribution in [2.24, 2.45) is 0 Å². The summed E-state index contributed by atoms with van der Waals surface area (Å²) < 4.78 is 0. The Kier molecular flexibility index (Phi) is 20.0. The number of benzene rings is 9. The Morgan fingerprint density at radius 1 is 0.278 bits per heavy atom. The fraction of sp³-hybridized carbons (Fsp3) is 0.386. The van der Waals surface area contributed by atoms with Crippen molar-refractivity contribution in [2.75, 3.05) is 0 Å². The zero-order valence-corrected chi connectivity index (χ0v) is 61.3. The molecule has 0 saturated carbocycles. The molecule has 0 unspecified atom stereocenters. The molecule has 1 aliphatic heterocycles. The van der Waals surface area contributed by atoms with Gasteiger partial charge in [0.15, 0.2) is 0 Å². The average Bonchev–Trinajstić information content (AvgIpc) is 0.797. The first-order valence-electron chi connectivity index (χ1n) is 34.7. The van der Waals surface area contributed by atoms with Gasteiger partial charge in [0.25, 0.3) is 0 Å². The lowest BCUT2D eigenvalue weighted by atomic mass is 9.80. The summed E-state index contributed by atoms with van der Waals surface area (Å²) in [5.41, 5.74) is 13.7. The van der Waals surface area contributed by atoms with Gasteiger partial charge in [0.2, 0.25) is 0 Å². The van der Waals surface area contributed by atoms with Crippen LogP contribution in [0.1, 0.15) is 221 Å². The van der Waals surface area contributed by atoms with Gasteiger partial charge in [-0.05, 0) is 126 Å². The highest BCUT2D eigenvalue weighted by Crippen LogP contribution is 2.50. The van der Waals surface area contributed by atoms with Crippen molar-refractivity contribution < 1.29 is 30.6 Å². The summed E-state index contributed by atoms with van der Waals surface area (Å²) in [5.74, 6) is 0.304. The van der Waals surface area contributed by atoms with Crippen molar-refractivity contribution >= 4 is 0 Å². The van der Waals surface area contributed by atoms with Gasteiger partial charge in [-0.1, -0.05) is 252 Å². The first-order valence-corrected chi connectivity index (χ1v) is 34.7. The van der Waals surface area contributed by atoms with Gasteiger partial charge in [0, 0.05) is 125 Å². The van der Waals surface area contributed by atoms with Crippen LogP contribution >= 0.6 is 0 Å². The molecule has 9 aromatic rings. The molecule has 0 amide bonds. The summed E-state index contributed by atoms with van der Waals surface area (Å²) >= 11 is 0. The van der Waals surface area contributed by atoms with Crippen LogP contribution in [0.4, 0.5) is 0 Å². The van der Waals surface area contributed by atoms with E-state index in [0.29, 0.717) is 79.9 Å². The van der Waals surface area contributed by atoms with Crippen molar-refractivity contribution in [1.29, 1.82) is 0 Å². The van der Waals surface area contributed by atoms with Crippen LogP contribution in [0.5, 0.6) is 34.5 Å². The predicted octanol–water partition coefficient (Wildman–Crippen LogP) is 21.2. The molecule has 0 saturated heterocycles. The second-order valence-electron chi connectivity index (χ2n) is 33.9. The van der Waals surface area contributed by atoms with Gasteiger partial charge >= 0.3 is 0 Å². The minimum Gasteiger partial charge on any atom is -0.507 e. The maximum Gasteiger partial charge on any atom is 0.128 e. The van der Waals surface area contributed by atoms with Gasteiger partial charge in [-0.3, -0.25) is 14.7 Å². The van der Waals surface area contributed by atoms with Crippen molar-refractivity contribution in [3.63, 3.8) is 0 Å². The molecule has 6 N–H and O–H groups in total. The topological polar surface area (TPSA) is 131 Å². The summed E-state index contributed by atoms with van der Waals surface area (Å²) in [5, 5.41) is 79.7. The maximum atomic E-state index is 13.3. The smallest absolute Gasteiger partial charge is 0.128 e. The van der Waals surface area contributed by atoms with E-state index in [0.717, 1.165) is 50.1 Å². The van der Waals surface area contributed by atoms with E-state index in [9.17, 15) is 30.6 Å². The minimum atomic E-state index is -0.400. The molecular weight excluding hydrogens is 1190 g/mol. The van der Waals surface area contributed by atoms with Crippen LogP contribution < -0.4 is 0 Å². The quantitative estimate of drug-likeness (QED) is 0.0963. The van der Waals surface area contributed by atoms with Crippen LogP contribution in [0.2, 0.25) is 0 Å². The lowest BCUT2D eigenvalue weighted by molar-refractivity contribution is 0.188. The van der Waals surface area contributed by atoms with E-state index in [4.69, 9.17) is 0 Å². The van der Waals surface area contributed by atoms with Crippen LogP contribution in [-0.4, -0.2) is 45.3 Å². The Morgan fingerprint density at radius 2 is 0.474 bits per heavy atom. The van der Waals surface area contributed by atoms with Gasteiger partial charge < -0.3 is 30.6 Å². The highest BCUT2D eigenvalue weighted by Gasteiger charge is 2.33. The zero-order chi connectivity index (χ0) is 70.6. The highest BCUT2D eigenvalue weighted by atomic mass is 16.3. The number of hydrogen-bond donors (Lipinski definition) is 6. The van der Waals surface area contributed by atoms with E-state index < -0.39 is 32.5 Å². The number of rotatable bonds is 6. The fourth-order valence-corrected chi connectivity index (χ4v) is 13.4. The largest absolute Gasteiger partial charge is 0.507 e. The molecule has 12 bridgehead atoms. The van der Waals surface area contributed by atoms with Gasteiger partial charge in [-0.15, -0.1) is 0 Å². The van der Waals surface area contributed by atoms with Gasteiger partial charge in [-0.2, -0.15) is 0 Å². The molecule has 0 fully saturated rings. The average molecular weight is 1300 g/mol. The summed E-state index contributed by atoms with van der Waals surface area (Å²) in [6, 6.07) is 55.5. The molecule has 1 aliphatic rings. The number of phenols is 6. The van der Waals surface area contributed by atoms with Crippen LogP contribution in [0.25, 0.3) is 33.4 Å². The van der Waals surface area contributed by atoms with E-state index in [-0.39, 0.29) is 79.8 Å².